The second kappa shape index (κ2) is 6.57. The van der Waals surface area contributed by atoms with Crippen molar-refractivity contribution in [3.05, 3.63) is 35.6 Å². The smallest absolute Gasteiger partial charge is 0.186 e. The summed E-state index contributed by atoms with van der Waals surface area (Å²) in [7, 11) is 0. The van der Waals surface area contributed by atoms with Crippen LogP contribution in [0, 0.1) is 5.82 Å². The van der Waals surface area contributed by atoms with Crippen molar-refractivity contribution in [2.75, 3.05) is 6.54 Å². The zero-order valence-electron chi connectivity index (χ0n) is 7.93. The molecular weight excluding hydrogens is 312 g/mol. The fourth-order valence-electron chi connectivity index (χ4n) is 1.04. The minimum absolute atomic E-state index is 0. The van der Waals surface area contributed by atoms with Gasteiger partial charge in [0.25, 0.3) is 0 Å². The minimum Gasteiger partial charge on any atom is -0.386 e. The molecule has 0 spiro atoms. The summed E-state index contributed by atoms with van der Waals surface area (Å²) >= 11 is 0. The Morgan fingerprint density at radius 1 is 1.40 bits per heavy atom. The Labute approximate surface area is 104 Å². The molecule has 1 aromatic rings. The summed E-state index contributed by atoms with van der Waals surface area (Å²) in [6.45, 7) is -0.0384. The number of hydrogen-bond acceptors (Lipinski definition) is 2. The van der Waals surface area contributed by atoms with Crippen LogP contribution in [0.4, 0.5) is 4.39 Å². The number of aliphatic hydroxyl groups excluding tert-OH is 1. The lowest BCUT2D eigenvalue weighted by Crippen LogP contribution is -2.23. The third-order valence-electron chi connectivity index (χ3n) is 1.71. The van der Waals surface area contributed by atoms with Crippen LogP contribution in [-0.2, 0) is 0 Å². The molecule has 0 saturated heterocycles. The number of nitrogens with two attached hydrogens (primary N) is 2. The van der Waals surface area contributed by atoms with Gasteiger partial charge in [-0.1, -0.05) is 18.2 Å². The van der Waals surface area contributed by atoms with E-state index in [0.29, 0.717) is 0 Å². The molecule has 0 fully saturated rings. The van der Waals surface area contributed by atoms with Crippen LogP contribution in [0.5, 0.6) is 0 Å². The number of benzene rings is 1. The van der Waals surface area contributed by atoms with E-state index in [1.54, 1.807) is 12.1 Å². The molecule has 0 radical (unpaired) electrons. The average Bonchev–Trinajstić information content (AvgIpc) is 2.15. The van der Waals surface area contributed by atoms with Gasteiger partial charge in [-0.15, -0.1) is 24.0 Å². The molecule has 0 aliphatic rings. The molecular formula is C9H13FIN3O. The molecule has 0 aliphatic carbocycles. The van der Waals surface area contributed by atoms with E-state index < -0.39 is 11.9 Å². The van der Waals surface area contributed by atoms with Crippen LogP contribution in [-0.4, -0.2) is 17.6 Å². The van der Waals surface area contributed by atoms with Gasteiger partial charge in [-0.05, 0) is 6.07 Å². The van der Waals surface area contributed by atoms with Crippen molar-refractivity contribution in [3.63, 3.8) is 0 Å². The maximum Gasteiger partial charge on any atom is 0.186 e. The first-order valence-corrected chi connectivity index (χ1v) is 4.09. The molecule has 0 aromatic heterocycles. The molecule has 1 atom stereocenters. The molecule has 15 heavy (non-hydrogen) atoms. The van der Waals surface area contributed by atoms with E-state index in [1.807, 2.05) is 0 Å². The fraction of sp³-hybridized carbons (Fsp3) is 0.222. The average molecular weight is 325 g/mol. The van der Waals surface area contributed by atoms with E-state index >= 15 is 0 Å². The van der Waals surface area contributed by atoms with Crippen molar-refractivity contribution >= 4 is 29.9 Å². The van der Waals surface area contributed by atoms with Gasteiger partial charge >= 0.3 is 0 Å². The van der Waals surface area contributed by atoms with Gasteiger partial charge in [0.2, 0.25) is 0 Å². The normalized spacial score (nSPS) is 11.3. The summed E-state index contributed by atoms with van der Waals surface area (Å²) in [5, 5.41) is 9.49. The summed E-state index contributed by atoms with van der Waals surface area (Å²) in [6.07, 6.45) is -1.02. The number of hydrogen-bond donors (Lipinski definition) is 3. The Morgan fingerprint density at radius 3 is 2.53 bits per heavy atom. The van der Waals surface area contributed by atoms with E-state index in [9.17, 15) is 9.50 Å². The summed E-state index contributed by atoms with van der Waals surface area (Å²) in [5.74, 6) is -0.591. The minimum atomic E-state index is -1.02. The zero-order valence-corrected chi connectivity index (χ0v) is 10.3. The number of aliphatic imine (C=N–C) groups is 1. The van der Waals surface area contributed by atoms with Gasteiger partial charge in [-0.25, -0.2) is 4.39 Å². The summed E-state index contributed by atoms with van der Waals surface area (Å²) in [5.41, 5.74) is 10.4. The molecule has 0 amide bonds. The zero-order chi connectivity index (χ0) is 10.6. The number of halogens is 2. The van der Waals surface area contributed by atoms with Crippen LogP contribution in [0.15, 0.2) is 29.3 Å². The third kappa shape index (κ3) is 4.43. The molecule has 6 heteroatoms. The number of guanidine groups is 1. The second-order valence-electron chi connectivity index (χ2n) is 2.80. The van der Waals surface area contributed by atoms with Crippen LogP contribution >= 0.6 is 24.0 Å². The van der Waals surface area contributed by atoms with Gasteiger partial charge in [0.1, 0.15) is 11.9 Å². The molecule has 0 aliphatic heterocycles. The Morgan fingerprint density at radius 2 is 2.00 bits per heavy atom. The summed E-state index contributed by atoms with van der Waals surface area (Å²) in [6, 6.07) is 5.94. The molecule has 4 nitrogen and oxygen atoms in total. The molecule has 1 aromatic carbocycles. The largest absolute Gasteiger partial charge is 0.386 e. The predicted molar refractivity (Wildman–Crippen MR) is 67.5 cm³/mol. The first kappa shape index (κ1) is 14.1. The molecule has 0 bridgehead atoms. The lowest BCUT2D eigenvalue weighted by atomic mass is 10.1. The van der Waals surface area contributed by atoms with E-state index in [1.165, 1.54) is 12.1 Å². The number of nitrogens with zero attached hydrogens (tertiary/aromatic N) is 1. The van der Waals surface area contributed by atoms with Crippen molar-refractivity contribution in [2.45, 2.75) is 6.10 Å². The number of rotatable bonds is 3. The SMILES string of the molecule is I.NC(N)=NCC(O)c1ccccc1F. The molecule has 84 valence electrons. The van der Waals surface area contributed by atoms with Crippen molar-refractivity contribution in [1.29, 1.82) is 0 Å². The Hall–Kier alpha value is -0.890. The highest BCUT2D eigenvalue weighted by atomic mass is 127. The summed E-state index contributed by atoms with van der Waals surface area (Å²) in [4.78, 5) is 3.60. The van der Waals surface area contributed by atoms with E-state index in [0.717, 1.165) is 0 Å². The molecule has 5 N–H and O–H groups in total. The second-order valence-corrected chi connectivity index (χ2v) is 2.80. The Bertz CT molecular complexity index is 342. The lowest BCUT2D eigenvalue weighted by molar-refractivity contribution is 0.182. The molecule has 0 heterocycles. The van der Waals surface area contributed by atoms with Crippen molar-refractivity contribution in [1.82, 2.24) is 0 Å². The van der Waals surface area contributed by atoms with Crippen LogP contribution in [0.1, 0.15) is 11.7 Å². The van der Waals surface area contributed by atoms with E-state index in [2.05, 4.69) is 4.99 Å². The number of aliphatic hydroxyl groups is 1. The van der Waals surface area contributed by atoms with Gasteiger partial charge in [0.05, 0.1) is 6.54 Å². The van der Waals surface area contributed by atoms with Gasteiger partial charge in [-0.2, -0.15) is 0 Å². The van der Waals surface area contributed by atoms with Crippen molar-refractivity contribution in [3.8, 4) is 0 Å². The monoisotopic (exact) mass is 325 g/mol. The Balaban J connectivity index is 0.00000196. The van der Waals surface area contributed by atoms with E-state index in [4.69, 9.17) is 11.5 Å². The van der Waals surface area contributed by atoms with Gasteiger partial charge < -0.3 is 16.6 Å². The molecule has 1 unspecified atom stereocenters. The highest BCUT2D eigenvalue weighted by Crippen LogP contribution is 2.16. The standard InChI is InChI=1S/C9H12FN3O.HI/c10-7-4-2-1-3-6(7)8(14)5-13-9(11)12;/h1-4,8,14H,5H2,(H4,11,12,13);1H. The molecule has 0 saturated carbocycles. The van der Waals surface area contributed by atoms with Gasteiger partial charge in [-0.3, -0.25) is 4.99 Å². The first-order chi connectivity index (χ1) is 6.61. The van der Waals surface area contributed by atoms with Crippen molar-refractivity contribution < 1.29 is 9.50 Å². The highest BCUT2D eigenvalue weighted by molar-refractivity contribution is 14.0. The third-order valence-corrected chi connectivity index (χ3v) is 1.71. The first-order valence-electron chi connectivity index (χ1n) is 4.09. The highest BCUT2D eigenvalue weighted by Gasteiger charge is 2.10. The lowest BCUT2D eigenvalue weighted by Gasteiger charge is -2.08. The molecule has 1 rings (SSSR count). The van der Waals surface area contributed by atoms with Gasteiger partial charge in [0, 0.05) is 5.56 Å². The van der Waals surface area contributed by atoms with Crippen LogP contribution in [0.3, 0.4) is 0 Å². The van der Waals surface area contributed by atoms with Gasteiger partial charge in [0.15, 0.2) is 5.96 Å². The predicted octanol–water partition coefficient (Wildman–Crippen LogP) is 0.750. The topological polar surface area (TPSA) is 84.6 Å². The van der Waals surface area contributed by atoms with Crippen LogP contribution in [0.25, 0.3) is 0 Å². The van der Waals surface area contributed by atoms with E-state index in [-0.39, 0.29) is 42.0 Å². The van der Waals surface area contributed by atoms with Crippen LogP contribution in [0.2, 0.25) is 0 Å². The quantitative estimate of drug-likeness (QED) is 0.436. The van der Waals surface area contributed by atoms with Crippen LogP contribution < -0.4 is 11.5 Å². The summed E-state index contributed by atoms with van der Waals surface area (Å²) < 4.78 is 13.1. The maximum atomic E-state index is 13.1. The fourth-order valence-corrected chi connectivity index (χ4v) is 1.04. The van der Waals surface area contributed by atoms with Crippen molar-refractivity contribution in [2.24, 2.45) is 16.5 Å². The maximum absolute atomic E-state index is 13.1. The Kier molecular flexibility index (Phi) is 6.18.